The van der Waals surface area contributed by atoms with E-state index in [4.69, 9.17) is 5.73 Å². The van der Waals surface area contributed by atoms with Crippen LogP contribution in [-0.2, 0) is 0 Å². The second-order valence-corrected chi connectivity index (χ2v) is 3.61. The Balaban J connectivity index is 2.14. The highest BCUT2D eigenvalue weighted by Crippen LogP contribution is 2.18. The maximum atomic E-state index is 11.3. The van der Waals surface area contributed by atoms with Gasteiger partial charge in [-0.1, -0.05) is 13.3 Å². The van der Waals surface area contributed by atoms with Crippen LogP contribution in [0.2, 0.25) is 0 Å². The summed E-state index contributed by atoms with van der Waals surface area (Å²) >= 11 is 0. The molecule has 1 atom stereocenters. The molecule has 1 fully saturated rings. The van der Waals surface area contributed by atoms with Crippen LogP contribution in [-0.4, -0.2) is 24.7 Å². The lowest BCUT2D eigenvalue weighted by atomic mass is 10.2. The van der Waals surface area contributed by atoms with Gasteiger partial charge in [-0.25, -0.2) is 4.79 Å². The quantitative estimate of drug-likeness (QED) is 0.586. The number of hydrogen-bond acceptors (Lipinski definition) is 2. The van der Waals surface area contributed by atoms with Gasteiger partial charge in [0.25, 0.3) is 0 Å². The third-order valence-corrected chi connectivity index (χ3v) is 2.17. The Bertz CT molecular complexity index is 168. The van der Waals surface area contributed by atoms with Crippen LogP contribution < -0.4 is 16.4 Å². The van der Waals surface area contributed by atoms with Gasteiger partial charge in [-0.05, 0) is 19.3 Å². The predicted molar refractivity (Wildman–Crippen MR) is 52.4 cm³/mol. The van der Waals surface area contributed by atoms with Crippen LogP contribution >= 0.6 is 0 Å². The van der Waals surface area contributed by atoms with Crippen LogP contribution in [0.3, 0.4) is 0 Å². The van der Waals surface area contributed by atoms with Crippen molar-refractivity contribution in [2.24, 2.45) is 5.73 Å². The van der Waals surface area contributed by atoms with Crippen LogP contribution in [0.15, 0.2) is 0 Å². The molecule has 1 rings (SSSR count). The Morgan fingerprint density at radius 3 is 2.77 bits per heavy atom. The molecule has 0 radical (unpaired) electrons. The molecule has 1 saturated carbocycles. The predicted octanol–water partition coefficient (Wildman–Crippen LogP) is 0.575. The van der Waals surface area contributed by atoms with Gasteiger partial charge in [0, 0.05) is 18.6 Å². The summed E-state index contributed by atoms with van der Waals surface area (Å²) in [5.74, 6) is 0. The smallest absolute Gasteiger partial charge is 0.315 e. The van der Waals surface area contributed by atoms with Crippen molar-refractivity contribution in [2.75, 3.05) is 6.54 Å². The number of nitrogens with one attached hydrogen (secondary N) is 2. The van der Waals surface area contributed by atoms with Crippen molar-refractivity contribution < 1.29 is 4.79 Å². The molecule has 1 unspecified atom stereocenters. The van der Waals surface area contributed by atoms with Crippen molar-refractivity contribution in [1.82, 2.24) is 10.6 Å². The van der Waals surface area contributed by atoms with Gasteiger partial charge < -0.3 is 16.4 Å². The summed E-state index contributed by atoms with van der Waals surface area (Å²) in [6.07, 6.45) is 4.24. The zero-order valence-corrected chi connectivity index (χ0v) is 8.18. The van der Waals surface area contributed by atoms with Gasteiger partial charge in [0.2, 0.25) is 0 Å². The van der Waals surface area contributed by atoms with E-state index in [-0.39, 0.29) is 12.1 Å². The van der Waals surface area contributed by atoms with Gasteiger partial charge in [-0.2, -0.15) is 0 Å². The molecule has 4 nitrogen and oxygen atoms in total. The first-order chi connectivity index (χ1) is 6.26. The topological polar surface area (TPSA) is 67.1 Å². The third-order valence-electron chi connectivity index (χ3n) is 2.17. The average Bonchev–Trinajstić information content (AvgIpc) is 2.87. The molecule has 0 bridgehead atoms. The highest BCUT2D eigenvalue weighted by Gasteiger charge is 2.23. The van der Waals surface area contributed by atoms with Gasteiger partial charge in [0.05, 0.1) is 0 Å². The molecule has 76 valence electrons. The fourth-order valence-corrected chi connectivity index (χ4v) is 1.24. The first kappa shape index (κ1) is 10.3. The Labute approximate surface area is 79.3 Å². The summed E-state index contributed by atoms with van der Waals surface area (Å²) in [6.45, 7) is 2.61. The van der Waals surface area contributed by atoms with E-state index < -0.39 is 0 Å². The molecule has 0 spiro atoms. The molecule has 13 heavy (non-hydrogen) atoms. The SMILES string of the molecule is CCCC(CN)NC(=O)NC1CC1. The minimum absolute atomic E-state index is 0.0635. The molecule has 1 aliphatic rings. The van der Waals surface area contributed by atoms with Gasteiger partial charge in [0.15, 0.2) is 0 Å². The van der Waals surface area contributed by atoms with Crippen LogP contribution in [0.5, 0.6) is 0 Å². The number of hydrogen-bond donors (Lipinski definition) is 3. The van der Waals surface area contributed by atoms with Crippen molar-refractivity contribution in [3.8, 4) is 0 Å². The number of carbonyl (C=O) groups excluding carboxylic acids is 1. The second kappa shape index (κ2) is 5.07. The Morgan fingerprint density at radius 1 is 1.62 bits per heavy atom. The van der Waals surface area contributed by atoms with E-state index in [0.29, 0.717) is 12.6 Å². The van der Waals surface area contributed by atoms with Gasteiger partial charge in [-0.15, -0.1) is 0 Å². The monoisotopic (exact) mass is 185 g/mol. The highest BCUT2D eigenvalue weighted by molar-refractivity contribution is 5.74. The number of rotatable bonds is 5. The molecule has 0 aromatic rings. The van der Waals surface area contributed by atoms with E-state index in [0.717, 1.165) is 25.7 Å². The van der Waals surface area contributed by atoms with Crippen molar-refractivity contribution in [3.05, 3.63) is 0 Å². The second-order valence-electron chi connectivity index (χ2n) is 3.61. The number of carbonyl (C=O) groups is 1. The van der Waals surface area contributed by atoms with Crippen molar-refractivity contribution in [3.63, 3.8) is 0 Å². The fourth-order valence-electron chi connectivity index (χ4n) is 1.24. The Kier molecular flexibility index (Phi) is 4.02. The van der Waals surface area contributed by atoms with E-state index in [1.54, 1.807) is 0 Å². The van der Waals surface area contributed by atoms with Crippen LogP contribution in [0.4, 0.5) is 4.79 Å². The van der Waals surface area contributed by atoms with E-state index in [1.165, 1.54) is 0 Å². The minimum Gasteiger partial charge on any atom is -0.335 e. The molecular formula is C9H19N3O. The lowest BCUT2D eigenvalue weighted by Gasteiger charge is -2.16. The summed E-state index contributed by atoms with van der Waals surface area (Å²) in [5, 5.41) is 5.74. The maximum Gasteiger partial charge on any atom is 0.315 e. The van der Waals surface area contributed by atoms with Gasteiger partial charge >= 0.3 is 6.03 Å². The standard InChI is InChI=1S/C9H19N3O/c1-2-3-8(6-10)12-9(13)11-7-4-5-7/h7-8H,2-6,10H2,1H3,(H2,11,12,13). The minimum atomic E-state index is -0.0635. The number of urea groups is 1. The molecule has 1 aliphatic carbocycles. The van der Waals surface area contributed by atoms with E-state index >= 15 is 0 Å². The van der Waals surface area contributed by atoms with E-state index in [2.05, 4.69) is 17.6 Å². The van der Waals surface area contributed by atoms with Gasteiger partial charge in [-0.3, -0.25) is 0 Å². The zero-order valence-electron chi connectivity index (χ0n) is 8.18. The van der Waals surface area contributed by atoms with Gasteiger partial charge in [0.1, 0.15) is 0 Å². The highest BCUT2D eigenvalue weighted by atomic mass is 16.2. The molecule has 4 heteroatoms. The third kappa shape index (κ3) is 4.12. The fraction of sp³-hybridized carbons (Fsp3) is 0.889. The van der Waals surface area contributed by atoms with Crippen LogP contribution in [0, 0.1) is 0 Å². The van der Waals surface area contributed by atoms with Crippen molar-refractivity contribution in [1.29, 1.82) is 0 Å². The first-order valence-electron chi connectivity index (χ1n) is 5.03. The number of amides is 2. The largest absolute Gasteiger partial charge is 0.335 e. The Hall–Kier alpha value is -0.770. The molecule has 0 aromatic heterocycles. The molecule has 4 N–H and O–H groups in total. The lowest BCUT2D eigenvalue weighted by molar-refractivity contribution is 0.236. The molecule has 0 saturated heterocycles. The molecule has 0 heterocycles. The Morgan fingerprint density at radius 2 is 2.31 bits per heavy atom. The summed E-state index contributed by atoms with van der Waals surface area (Å²) in [7, 11) is 0. The van der Waals surface area contributed by atoms with Crippen LogP contribution in [0.25, 0.3) is 0 Å². The molecule has 2 amide bonds. The number of nitrogens with two attached hydrogens (primary N) is 1. The summed E-state index contributed by atoms with van der Waals surface area (Å²) < 4.78 is 0. The average molecular weight is 185 g/mol. The molecule has 0 aliphatic heterocycles. The van der Waals surface area contributed by atoms with Crippen LogP contribution in [0.1, 0.15) is 32.6 Å². The lowest BCUT2D eigenvalue weighted by Crippen LogP contribution is -2.46. The molecular weight excluding hydrogens is 166 g/mol. The summed E-state index contributed by atoms with van der Waals surface area (Å²) in [6, 6.07) is 0.482. The maximum absolute atomic E-state index is 11.3. The normalized spacial score (nSPS) is 18.0. The molecule has 0 aromatic carbocycles. The van der Waals surface area contributed by atoms with Crippen molar-refractivity contribution in [2.45, 2.75) is 44.7 Å². The van der Waals surface area contributed by atoms with E-state index in [9.17, 15) is 4.79 Å². The van der Waals surface area contributed by atoms with Crippen molar-refractivity contribution >= 4 is 6.03 Å². The summed E-state index contributed by atoms with van der Waals surface area (Å²) in [4.78, 5) is 11.3. The summed E-state index contributed by atoms with van der Waals surface area (Å²) in [5.41, 5.74) is 5.51. The zero-order chi connectivity index (χ0) is 9.68. The first-order valence-corrected chi connectivity index (χ1v) is 5.03. The van der Waals surface area contributed by atoms with E-state index in [1.807, 2.05) is 0 Å².